The van der Waals surface area contributed by atoms with Gasteiger partial charge in [0, 0.05) is 11.1 Å². The Kier molecular flexibility index (Phi) is 3.50. The van der Waals surface area contributed by atoms with Crippen molar-refractivity contribution in [1.82, 2.24) is 0 Å². The summed E-state index contributed by atoms with van der Waals surface area (Å²) in [4.78, 5) is 4.32. The molecular formula is C10H8ClF4NO3. The Balaban J connectivity index is 2.37. The van der Waals surface area contributed by atoms with Gasteiger partial charge >= 0.3 is 12.2 Å². The molecule has 0 saturated carbocycles. The number of halogens is 5. The van der Waals surface area contributed by atoms with Crippen molar-refractivity contribution in [3.8, 4) is 11.5 Å². The highest BCUT2D eigenvalue weighted by Crippen LogP contribution is 2.48. The van der Waals surface area contributed by atoms with E-state index in [2.05, 4.69) is 14.3 Å². The average Bonchev–Trinajstić information content (AvgIpc) is 2.28. The van der Waals surface area contributed by atoms with Gasteiger partial charge in [0.2, 0.25) is 0 Å². The Morgan fingerprint density at radius 1 is 1.11 bits per heavy atom. The molecule has 0 bridgehead atoms. The first-order valence-corrected chi connectivity index (χ1v) is 5.42. The van der Waals surface area contributed by atoms with Gasteiger partial charge in [-0.15, -0.1) is 0 Å². The molecule has 0 saturated heterocycles. The van der Waals surface area contributed by atoms with Crippen molar-refractivity contribution in [2.75, 3.05) is 6.61 Å². The highest BCUT2D eigenvalue weighted by atomic mass is 35.5. The summed E-state index contributed by atoms with van der Waals surface area (Å²) in [7, 11) is 0. The van der Waals surface area contributed by atoms with E-state index in [0.717, 1.165) is 12.1 Å². The average molecular weight is 302 g/mol. The van der Waals surface area contributed by atoms with Gasteiger partial charge in [0.05, 0.1) is 6.61 Å². The van der Waals surface area contributed by atoms with Crippen molar-refractivity contribution >= 4 is 11.6 Å². The summed E-state index contributed by atoms with van der Waals surface area (Å²) in [5.74, 6) is 3.75. The lowest BCUT2D eigenvalue weighted by atomic mass is 10.1. The predicted octanol–water partition coefficient (Wildman–Crippen LogP) is 2.73. The summed E-state index contributed by atoms with van der Waals surface area (Å²) in [5.41, 5.74) is 0.357. The van der Waals surface area contributed by atoms with Gasteiger partial charge in [-0.1, -0.05) is 11.6 Å². The molecule has 0 fully saturated rings. The number of hydrogen-bond donors (Lipinski definition) is 1. The van der Waals surface area contributed by atoms with E-state index in [9.17, 15) is 17.6 Å². The first-order chi connectivity index (χ1) is 8.77. The molecule has 4 nitrogen and oxygen atoms in total. The van der Waals surface area contributed by atoms with Crippen LogP contribution in [0.15, 0.2) is 12.1 Å². The standard InChI is InChI=1S/C10H8ClF4NO3/c11-6-4-8-7(3-5(6)1-2-17-16)18-9(12,13)10(14,15)19-8/h3-4H,1-2,16H2. The molecule has 1 aromatic rings. The fourth-order valence-corrected chi connectivity index (χ4v) is 1.74. The Hall–Kier alpha value is -1.25. The quantitative estimate of drug-likeness (QED) is 0.689. The number of rotatable bonds is 3. The molecule has 9 heteroatoms. The lowest BCUT2D eigenvalue weighted by Gasteiger charge is -2.32. The molecule has 0 radical (unpaired) electrons. The van der Waals surface area contributed by atoms with Gasteiger partial charge in [0.15, 0.2) is 11.5 Å². The lowest BCUT2D eigenvalue weighted by Crippen LogP contribution is -2.52. The summed E-state index contributed by atoms with van der Waals surface area (Å²) in [6.07, 6.45) is -9.31. The summed E-state index contributed by atoms with van der Waals surface area (Å²) in [6.45, 7) is 0.0753. The topological polar surface area (TPSA) is 53.7 Å². The van der Waals surface area contributed by atoms with Gasteiger partial charge in [0.1, 0.15) is 0 Å². The van der Waals surface area contributed by atoms with Crippen LogP contribution in [-0.4, -0.2) is 18.8 Å². The molecule has 19 heavy (non-hydrogen) atoms. The minimum Gasteiger partial charge on any atom is -0.421 e. The molecule has 1 aliphatic rings. The van der Waals surface area contributed by atoms with Gasteiger partial charge in [-0.2, -0.15) is 17.6 Å². The van der Waals surface area contributed by atoms with E-state index >= 15 is 0 Å². The van der Waals surface area contributed by atoms with Crippen molar-refractivity contribution < 1.29 is 31.9 Å². The second-order valence-corrected chi connectivity index (χ2v) is 4.16. The van der Waals surface area contributed by atoms with Crippen LogP contribution in [0.4, 0.5) is 17.6 Å². The zero-order valence-corrected chi connectivity index (χ0v) is 10.0. The SMILES string of the molecule is NOCCc1cc2c(cc1Cl)OC(F)(F)C(F)(F)O2. The van der Waals surface area contributed by atoms with Crippen LogP contribution >= 0.6 is 11.6 Å². The van der Waals surface area contributed by atoms with Crippen molar-refractivity contribution in [2.24, 2.45) is 5.90 Å². The van der Waals surface area contributed by atoms with E-state index in [1.807, 2.05) is 0 Å². The minimum atomic E-state index is -4.76. The number of ether oxygens (including phenoxy) is 2. The number of alkyl halides is 4. The van der Waals surface area contributed by atoms with Crippen LogP contribution in [0.2, 0.25) is 5.02 Å². The molecular weight excluding hydrogens is 294 g/mol. The normalized spacial score (nSPS) is 19.3. The Morgan fingerprint density at radius 3 is 2.16 bits per heavy atom. The number of nitrogens with two attached hydrogens (primary N) is 1. The van der Waals surface area contributed by atoms with Crippen molar-refractivity contribution in [1.29, 1.82) is 0 Å². The van der Waals surface area contributed by atoms with Gasteiger partial charge < -0.3 is 14.3 Å². The van der Waals surface area contributed by atoms with Crippen LogP contribution in [-0.2, 0) is 11.3 Å². The third-order valence-electron chi connectivity index (χ3n) is 2.42. The molecule has 0 unspecified atom stereocenters. The third-order valence-corrected chi connectivity index (χ3v) is 2.77. The summed E-state index contributed by atoms with van der Waals surface area (Å²) in [5, 5.41) is 0.0559. The van der Waals surface area contributed by atoms with Crippen LogP contribution in [0.1, 0.15) is 5.56 Å². The molecule has 106 valence electrons. The van der Waals surface area contributed by atoms with Crippen LogP contribution in [0.5, 0.6) is 11.5 Å². The van der Waals surface area contributed by atoms with Crippen molar-refractivity contribution in [3.63, 3.8) is 0 Å². The molecule has 0 atom stereocenters. The van der Waals surface area contributed by atoms with Crippen LogP contribution in [0.25, 0.3) is 0 Å². The zero-order valence-electron chi connectivity index (χ0n) is 9.26. The Morgan fingerprint density at radius 2 is 1.63 bits per heavy atom. The van der Waals surface area contributed by atoms with E-state index in [1.54, 1.807) is 0 Å². The highest BCUT2D eigenvalue weighted by Gasteiger charge is 2.66. The maximum absolute atomic E-state index is 13.0. The molecule has 0 aliphatic carbocycles. The summed E-state index contributed by atoms with van der Waals surface area (Å²) < 4.78 is 59.7. The molecule has 0 aromatic heterocycles. The van der Waals surface area contributed by atoms with Gasteiger partial charge in [-0.05, 0) is 18.1 Å². The van der Waals surface area contributed by atoms with Crippen molar-refractivity contribution in [2.45, 2.75) is 18.6 Å². The van der Waals surface area contributed by atoms with Gasteiger partial charge in [-0.3, -0.25) is 0 Å². The van der Waals surface area contributed by atoms with E-state index in [4.69, 9.17) is 17.5 Å². The molecule has 0 amide bonds. The Bertz CT molecular complexity index is 498. The van der Waals surface area contributed by atoms with Gasteiger partial charge in [-0.25, -0.2) is 5.90 Å². The van der Waals surface area contributed by atoms with Crippen LogP contribution in [0.3, 0.4) is 0 Å². The maximum atomic E-state index is 13.0. The second-order valence-electron chi connectivity index (χ2n) is 3.75. The fourth-order valence-electron chi connectivity index (χ4n) is 1.49. The van der Waals surface area contributed by atoms with E-state index in [-0.39, 0.29) is 18.1 Å². The monoisotopic (exact) mass is 301 g/mol. The predicted molar refractivity (Wildman–Crippen MR) is 56.4 cm³/mol. The molecule has 2 N–H and O–H groups in total. The smallest absolute Gasteiger partial charge is 0.421 e. The first kappa shape index (κ1) is 14.2. The number of hydrogen-bond acceptors (Lipinski definition) is 4. The first-order valence-electron chi connectivity index (χ1n) is 5.04. The highest BCUT2D eigenvalue weighted by molar-refractivity contribution is 6.31. The van der Waals surface area contributed by atoms with Gasteiger partial charge in [0.25, 0.3) is 0 Å². The summed E-state index contributed by atoms with van der Waals surface area (Å²) in [6, 6.07) is 2.06. The molecule has 2 rings (SSSR count). The summed E-state index contributed by atoms with van der Waals surface area (Å²) >= 11 is 5.80. The molecule has 1 aromatic carbocycles. The largest absolute Gasteiger partial charge is 0.507 e. The van der Waals surface area contributed by atoms with Crippen LogP contribution < -0.4 is 15.4 Å². The van der Waals surface area contributed by atoms with Crippen molar-refractivity contribution in [3.05, 3.63) is 22.7 Å². The lowest BCUT2D eigenvalue weighted by molar-refractivity contribution is -0.391. The van der Waals surface area contributed by atoms with E-state index < -0.39 is 23.7 Å². The maximum Gasteiger partial charge on any atom is 0.507 e. The number of fused-ring (bicyclic) bond motifs is 1. The molecule has 1 aliphatic heterocycles. The minimum absolute atomic E-state index is 0.0559. The Labute approximate surface area is 109 Å². The fraction of sp³-hybridized carbons (Fsp3) is 0.400. The van der Waals surface area contributed by atoms with Crippen LogP contribution in [0, 0.1) is 0 Å². The zero-order chi connectivity index (χ0) is 14.3. The molecule has 0 spiro atoms. The van der Waals surface area contributed by atoms with E-state index in [1.165, 1.54) is 0 Å². The van der Waals surface area contributed by atoms with E-state index in [0.29, 0.717) is 5.56 Å². The molecule has 1 heterocycles. The second kappa shape index (κ2) is 4.69. The third kappa shape index (κ3) is 2.56. The number of benzene rings is 1.